The molecule has 1 heterocycles. The Balaban J connectivity index is 1.76. The molecule has 0 saturated carbocycles. The van der Waals surface area contributed by atoms with Crippen LogP contribution in [0.1, 0.15) is 0 Å². The number of fused-ring (bicyclic) bond motifs is 3. The Kier molecular flexibility index (Phi) is 3.95. The monoisotopic (exact) mass is 365 g/mol. The lowest BCUT2D eigenvalue weighted by Gasteiger charge is -2.14. The molecule has 4 nitrogen and oxygen atoms in total. The Hall–Kier alpha value is -3.79. The number of benzene rings is 4. The average Bonchev–Trinajstić information content (AvgIpc) is 3.14. The molecule has 136 valence electrons. The highest BCUT2D eigenvalue weighted by Crippen LogP contribution is 2.30. The predicted octanol–water partition coefficient (Wildman–Crippen LogP) is 5.74. The van der Waals surface area contributed by atoms with E-state index >= 15 is 0 Å². The third kappa shape index (κ3) is 2.76. The van der Waals surface area contributed by atoms with Crippen molar-refractivity contribution in [3.63, 3.8) is 0 Å². The number of aromatic nitrogens is 2. The minimum Gasteiger partial charge on any atom is -0.497 e. The molecule has 0 aliphatic rings. The summed E-state index contributed by atoms with van der Waals surface area (Å²) in [6.07, 6.45) is 0. The summed E-state index contributed by atoms with van der Waals surface area (Å²) < 4.78 is 7.36. The van der Waals surface area contributed by atoms with E-state index in [1.54, 1.807) is 7.11 Å². The highest BCUT2D eigenvalue weighted by molar-refractivity contribution is 6.05. The highest BCUT2D eigenvalue weighted by Gasteiger charge is 2.15. The maximum absolute atomic E-state index is 5.28. The van der Waals surface area contributed by atoms with Crippen LogP contribution in [0, 0.1) is 0 Å². The van der Waals surface area contributed by atoms with E-state index in [0.717, 1.165) is 39.2 Å². The fraction of sp³-hybridized carbons (Fsp3) is 0.0417. The van der Waals surface area contributed by atoms with Crippen LogP contribution in [0.4, 0.5) is 5.69 Å². The van der Waals surface area contributed by atoms with E-state index in [4.69, 9.17) is 9.72 Å². The standard InChI is InChI=1S/C24H19N3O/c1-28-20-14-12-19(13-15-20)26-27-23-21-10-6-5-7-17(21)11-16-22(23)25-24(27)18-8-3-2-4-9-18/h2-16,26H,1H3. The van der Waals surface area contributed by atoms with Gasteiger partial charge in [0.25, 0.3) is 0 Å². The second kappa shape index (κ2) is 6.74. The van der Waals surface area contributed by atoms with Gasteiger partial charge in [-0.15, -0.1) is 0 Å². The zero-order chi connectivity index (χ0) is 18.9. The lowest BCUT2D eigenvalue weighted by Crippen LogP contribution is -2.10. The molecule has 0 saturated heterocycles. The molecule has 0 aliphatic carbocycles. The van der Waals surface area contributed by atoms with Crippen molar-refractivity contribution in [2.45, 2.75) is 0 Å². The Morgan fingerprint density at radius 2 is 1.54 bits per heavy atom. The molecule has 0 aliphatic heterocycles. The second-order valence-corrected chi connectivity index (χ2v) is 6.63. The Morgan fingerprint density at radius 1 is 0.786 bits per heavy atom. The molecule has 5 aromatic rings. The van der Waals surface area contributed by atoms with E-state index in [2.05, 4.69) is 58.6 Å². The smallest absolute Gasteiger partial charge is 0.159 e. The molecular formula is C24H19N3O. The third-order valence-electron chi connectivity index (χ3n) is 4.90. The van der Waals surface area contributed by atoms with Gasteiger partial charge in [0.15, 0.2) is 5.82 Å². The van der Waals surface area contributed by atoms with Crippen LogP contribution in [-0.4, -0.2) is 16.8 Å². The molecule has 0 spiro atoms. The van der Waals surface area contributed by atoms with Crippen molar-refractivity contribution in [3.05, 3.63) is 91.0 Å². The molecule has 28 heavy (non-hydrogen) atoms. The van der Waals surface area contributed by atoms with Crippen LogP contribution < -0.4 is 10.2 Å². The maximum atomic E-state index is 5.28. The van der Waals surface area contributed by atoms with Gasteiger partial charge in [-0.1, -0.05) is 60.7 Å². The van der Waals surface area contributed by atoms with Gasteiger partial charge in [0.05, 0.1) is 23.8 Å². The first-order valence-electron chi connectivity index (χ1n) is 9.20. The van der Waals surface area contributed by atoms with Crippen molar-refractivity contribution in [2.24, 2.45) is 0 Å². The summed E-state index contributed by atoms with van der Waals surface area (Å²) >= 11 is 0. The Morgan fingerprint density at radius 3 is 2.32 bits per heavy atom. The fourth-order valence-corrected chi connectivity index (χ4v) is 3.52. The zero-order valence-corrected chi connectivity index (χ0v) is 15.5. The highest BCUT2D eigenvalue weighted by atomic mass is 16.5. The van der Waals surface area contributed by atoms with Gasteiger partial charge in [-0.05, 0) is 35.7 Å². The van der Waals surface area contributed by atoms with Gasteiger partial charge in [0, 0.05) is 10.9 Å². The van der Waals surface area contributed by atoms with Crippen LogP contribution in [0.2, 0.25) is 0 Å². The van der Waals surface area contributed by atoms with Crippen molar-refractivity contribution in [1.29, 1.82) is 0 Å². The summed E-state index contributed by atoms with van der Waals surface area (Å²) in [6.45, 7) is 0. The summed E-state index contributed by atoms with van der Waals surface area (Å²) in [5.41, 5.74) is 7.58. The van der Waals surface area contributed by atoms with Crippen molar-refractivity contribution < 1.29 is 4.74 Å². The van der Waals surface area contributed by atoms with E-state index in [-0.39, 0.29) is 0 Å². The molecular weight excluding hydrogens is 346 g/mol. The molecule has 5 rings (SSSR count). The summed E-state index contributed by atoms with van der Waals surface area (Å²) in [6, 6.07) is 30.7. The number of nitrogens with one attached hydrogen (secondary N) is 1. The largest absolute Gasteiger partial charge is 0.497 e. The number of ether oxygens (including phenoxy) is 1. The fourth-order valence-electron chi connectivity index (χ4n) is 3.52. The lowest BCUT2D eigenvalue weighted by atomic mass is 10.1. The normalized spacial score (nSPS) is 11.0. The molecule has 0 radical (unpaired) electrons. The van der Waals surface area contributed by atoms with Gasteiger partial charge >= 0.3 is 0 Å². The van der Waals surface area contributed by atoms with Crippen molar-refractivity contribution in [1.82, 2.24) is 9.66 Å². The topological polar surface area (TPSA) is 39.1 Å². The Labute approximate surface area is 163 Å². The van der Waals surface area contributed by atoms with E-state index in [1.165, 1.54) is 5.39 Å². The van der Waals surface area contributed by atoms with Crippen LogP contribution in [0.5, 0.6) is 5.75 Å². The van der Waals surface area contributed by atoms with Gasteiger partial charge in [0.2, 0.25) is 0 Å². The number of anilines is 1. The van der Waals surface area contributed by atoms with Crippen molar-refractivity contribution >= 4 is 27.5 Å². The number of imidazole rings is 1. The van der Waals surface area contributed by atoms with Crippen molar-refractivity contribution in [2.75, 3.05) is 12.5 Å². The molecule has 1 aromatic heterocycles. The van der Waals surface area contributed by atoms with Gasteiger partial charge in [-0.3, -0.25) is 5.43 Å². The van der Waals surface area contributed by atoms with E-state index in [9.17, 15) is 0 Å². The molecule has 0 fully saturated rings. The predicted molar refractivity (Wildman–Crippen MR) is 115 cm³/mol. The molecule has 0 bridgehead atoms. The van der Waals surface area contributed by atoms with Crippen LogP contribution in [0.25, 0.3) is 33.2 Å². The second-order valence-electron chi connectivity index (χ2n) is 6.63. The molecule has 0 atom stereocenters. The number of nitrogens with zero attached hydrogens (tertiary/aromatic N) is 2. The minimum atomic E-state index is 0.828. The van der Waals surface area contributed by atoms with Crippen LogP contribution in [-0.2, 0) is 0 Å². The van der Waals surface area contributed by atoms with Gasteiger partial charge < -0.3 is 4.74 Å². The third-order valence-corrected chi connectivity index (χ3v) is 4.90. The summed E-state index contributed by atoms with van der Waals surface area (Å²) in [7, 11) is 1.67. The maximum Gasteiger partial charge on any atom is 0.159 e. The molecule has 1 N–H and O–H groups in total. The molecule has 4 aromatic carbocycles. The van der Waals surface area contributed by atoms with E-state index < -0.39 is 0 Å². The van der Waals surface area contributed by atoms with Crippen LogP contribution >= 0.6 is 0 Å². The molecule has 0 amide bonds. The van der Waals surface area contributed by atoms with Crippen LogP contribution in [0.15, 0.2) is 91.0 Å². The lowest BCUT2D eigenvalue weighted by molar-refractivity contribution is 0.415. The minimum absolute atomic E-state index is 0.828. The zero-order valence-electron chi connectivity index (χ0n) is 15.5. The quantitative estimate of drug-likeness (QED) is 0.441. The number of hydrogen-bond acceptors (Lipinski definition) is 3. The first-order chi connectivity index (χ1) is 13.8. The van der Waals surface area contributed by atoms with Gasteiger partial charge in [-0.2, -0.15) is 0 Å². The SMILES string of the molecule is COc1ccc(Nn2c(-c3ccccc3)nc3ccc4ccccc4c32)cc1. The van der Waals surface area contributed by atoms with Crippen molar-refractivity contribution in [3.8, 4) is 17.1 Å². The first-order valence-corrected chi connectivity index (χ1v) is 9.20. The van der Waals surface area contributed by atoms with E-state index in [1.807, 2.05) is 42.5 Å². The molecule has 0 unspecified atom stereocenters. The van der Waals surface area contributed by atoms with Gasteiger partial charge in [0.1, 0.15) is 5.75 Å². The number of hydrogen-bond donors (Lipinski definition) is 1. The van der Waals surface area contributed by atoms with Gasteiger partial charge in [-0.25, -0.2) is 9.66 Å². The Bertz CT molecular complexity index is 1260. The number of methoxy groups -OCH3 is 1. The summed E-state index contributed by atoms with van der Waals surface area (Å²) in [4.78, 5) is 4.94. The molecule has 4 heteroatoms. The van der Waals surface area contributed by atoms with E-state index in [0.29, 0.717) is 0 Å². The average molecular weight is 365 g/mol. The van der Waals surface area contributed by atoms with Crippen LogP contribution in [0.3, 0.4) is 0 Å². The summed E-state index contributed by atoms with van der Waals surface area (Å²) in [5, 5.41) is 2.35. The number of rotatable bonds is 4. The summed E-state index contributed by atoms with van der Waals surface area (Å²) in [5.74, 6) is 1.71. The first kappa shape index (κ1) is 16.4.